The molecule has 122 valence electrons. The molecular formula is C24H21N. The molecule has 1 heteroatoms. The third kappa shape index (κ3) is 4.68. The normalized spacial score (nSPS) is 12.0. The highest BCUT2D eigenvalue weighted by atomic mass is 14.2. The lowest BCUT2D eigenvalue weighted by molar-refractivity contribution is 0.759. The van der Waals surface area contributed by atoms with E-state index in [4.69, 9.17) is 5.26 Å². The van der Waals surface area contributed by atoms with Crippen molar-refractivity contribution < 1.29 is 0 Å². The number of benzene rings is 3. The van der Waals surface area contributed by atoms with Crippen LogP contribution in [0, 0.1) is 11.3 Å². The number of hydrogen-bond acceptors (Lipinski definition) is 1. The van der Waals surface area contributed by atoms with Crippen LogP contribution in [0.3, 0.4) is 0 Å². The van der Waals surface area contributed by atoms with Crippen molar-refractivity contribution in [3.05, 3.63) is 107 Å². The van der Waals surface area contributed by atoms with Crippen molar-refractivity contribution in [3.63, 3.8) is 0 Å². The molecule has 0 bridgehead atoms. The van der Waals surface area contributed by atoms with E-state index >= 15 is 0 Å². The van der Waals surface area contributed by atoms with Crippen LogP contribution in [-0.4, -0.2) is 0 Å². The Bertz CT molecular complexity index is 866. The first-order valence-electron chi connectivity index (χ1n) is 8.57. The van der Waals surface area contributed by atoms with Crippen LogP contribution in [0.1, 0.15) is 40.7 Å². The van der Waals surface area contributed by atoms with Crippen molar-refractivity contribution in [2.45, 2.75) is 19.3 Å². The van der Waals surface area contributed by atoms with Gasteiger partial charge < -0.3 is 0 Å². The van der Waals surface area contributed by atoms with Crippen molar-refractivity contribution in [2.24, 2.45) is 0 Å². The van der Waals surface area contributed by atoms with Crippen molar-refractivity contribution in [1.29, 1.82) is 5.26 Å². The first kappa shape index (κ1) is 16.7. The summed E-state index contributed by atoms with van der Waals surface area (Å²) in [7, 11) is 0. The van der Waals surface area contributed by atoms with Crippen LogP contribution in [0.4, 0.5) is 0 Å². The van der Waals surface area contributed by atoms with Gasteiger partial charge in [-0.2, -0.15) is 5.26 Å². The quantitative estimate of drug-likeness (QED) is 0.522. The Balaban J connectivity index is 1.63. The Kier molecular flexibility index (Phi) is 5.44. The van der Waals surface area contributed by atoms with Gasteiger partial charge in [-0.3, -0.25) is 0 Å². The van der Waals surface area contributed by atoms with E-state index in [2.05, 4.69) is 79.7 Å². The Hall–Kier alpha value is -3.11. The highest BCUT2D eigenvalue weighted by Gasteiger charge is 2.05. The van der Waals surface area contributed by atoms with Crippen molar-refractivity contribution in [1.82, 2.24) is 0 Å². The molecule has 0 heterocycles. The van der Waals surface area contributed by atoms with Crippen LogP contribution in [0.2, 0.25) is 0 Å². The first-order valence-corrected chi connectivity index (χ1v) is 8.57. The minimum atomic E-state index is 0.515. The summed E-state index contributed by atoms with van der Waals surface area (Å²) in [5.41, 5.74) is 5.70. The maximum atomic E-state index is 8.83. The molecule has 1 nitrogen and oxygen atoms in total. The third-order valence-corrected chi connectivity index (χ3v) is 4.40. The summed E-state index contributed by atoms with van der Waals surface area (Å²) < 4.78 is 0. The van der Waals surface area contributed by atoms with Crippen LogP contribution in [0.5, 0.6) is 0 Å². The average Bonchev–Trinajstić information content (AvgIpc) is 2.68. The molecule has 3 rings (SSSR count). The Labute approximate surface area is 149 Å². The van der Waals surface area contributed by atoms with E-state index in [9.17, 15) is 0 Å². The van der Waals surface area contributed by atoms with Crippen LogP contribution in [0.15, 0.2) is 78.9 Å². The van der Waals surface area contributed by atoms with Gasteiger partial charge in [-0.1, -0.05) is 85.8 Å². The Morgan fingerprint density at radius 3 is 1.92 bits per heavy atom. The van der Waals surface area contributed by atoms with Gasteiger partial charge in [0.25, 0.3) is 0 Å². The summed E-state index contributed by atoms with van der Waals surface area (Å²) in [6, 6.07) is 29.1. The van der Waals surface area contributed by atoms with Crippen LogP contribution in [0.25, 0.3) is 12.2 Å². The number of rotatable bonds is 5. The minimum absolute atomic E-state index is 0.515. The summed E-state index contributed by atoms with van der Waals surface area (Å²) in [5, 5.41) is 8.83. The number of nitrogens with zero attached hydrogens (tertiary/aromatic N) is 1. The largest absolute Gasteiger partial charge is 0.192 e. The molecule has 0 saturated heterocycles. The van der Waals surface area contributed by atoms with Gasteiger partial charge in [-0.25, -0.2) is 0 Å². The van der Waals surface area contributed by atoms with Gasteiger partial charge in [0.05, 0.1) is 11.6 Å². The molecule has 1 atom stereocenters. The zero-order valence-corrected chi connectivity index (χ0v) is 14.4. The zero-order chi connectivity index (χ0) is 17.5. The van der Waals surface area contributed by atoms with E-state index in [0.29, 0.717) is 11.5 Å². The molecule has 0 aliphatic rings. The molecule has 0 aromatic heterocycles. The minimum Gasteiger partial charge on any atom is -0.192 e. The Morgan fingerprint density at radius 2 is 1.36 bits per heavy atom. The summed E-state index contributed by atoms with van der Waals surface area (Å²) in [5.74, 6) is 0.515. The molecule has 0 saturated carbocycles. The second-order valence-corrected chi connectivity index (χ2v) is 6.32. The van der Waals surface area contributed by atoms with E-state index in [1.807, 2.05) is 24.3 Å². The SMILES string of the molecule is C[C@H](Cc1ccc(C=Cc2ccc(C#N)cc2)cc1)c1ccccc1. The monoisotopic (exact) mass is 323 g/mol. The van der Waals surface area contributed by atoms with Gasteiger partial charge in [0.15, 0.2) is 0 Å². The predicted octanol–water partition coefficient (Wildman–Crippen LogP) is 6.07. The van der Waals surface area contributed by atoms with Gasteiger partial charge >= 0.3 is 0 Å². The van der Waals surface area contributed by atoms with Gasteiger partial charge in [0, 0.05) is 0 Å². The van der Waals surface area contributed by atoms with E-state index in [0.717, 1.165) is 12.0 Å². The average molecular weight is 323 g/mol. The van der Waals surface area contributed by atoms with Gasteiger partial charge in [-0.05, 0) is 46.7 Å². The molecule has 0 N–H and O–H groups in total. The van der Waals surface area contributed by atoms with Crippen molar-refractivity contribution >= 4 is 12.2 Å². The van der Waals surface area contributed by atoms with E-state index in [1.54, 1.807) is 0 Å². The predicted molar refractivity (Wildman–Crippen MR) is 105 cm³/mol. The van der Waals surface area contributed by atoms with Gasteiger partial charge in [0.2, 0.25) is 0 Å². The van der Waals surface area contributed by atoms with Crippen LogP contribution >= 0.6 is 0 Å². The van der Waals surface area contributed by atoms with E-state index < -0.39 is 0 Å². The summed E-state index contributed by atoms with van der Waals surface area (Å²) >= 11 is 0. The highest BCUT2D eigenvalue weighted by molar-refractivity contribution is 5.69. The molecule has 0 radical (unpaired) electrons. The fourth-order valence-electron chi connectivity index (χ4n) is 2.88. The lowest BCUT2D eigenvalue weighted by Gasteiger charge is -2.12. The fourth-order valence-corrected chi connectivity index (χ4v) is 2.88. The number of nitriles is 1. The molecule has 3 aromatic rings. The standard InChI is InChI=1S/C24H21N/c1-19(24-5-3-2-4-6-24)17-22-13-9-20(10-14-22)7-8-21-11-15-23(18-25)16-12-21/h2-16,19H,17H2,1H3/t19-/m1/s1. The fraction of sp³-hybridized carbons (Fsp3) is 0.125. The van der Waals surface area contributed by atoms with Crippen molar-refractivity contribution in [2.75, 3.05) is 0 Å². The summed E-state index contributed by atoms with van der Waals surface area (Å²) in [6.45, 7) is 2.27. The smallest absolute Gasteiger partial charge is 0.0991 e. The Morgan fingerprint density at radius 1 is 0.800 bits per heavy atom. The van der Waals surface area contributed by atoms with Crippen molar-refractivity contribution in [3.8, 4) is 6.07 Å². The third-order valence-electron chi connectivity index (χ3n) is 4.40. The highest BCUT2D eigenvalue weighted by Crippen LogP contribution is 2.20. The lowest BCUT2D eigenvalue weighted by atomic mass is 9.93. The molecule has 0 spiro atoms. The van der Waals surface area contributed by atoms with Gasteiger partial charge in [-0.15, -0.1) is 0 Å². The zero-order valence-electron chi connectivity index (χ0n) is 14.4. The first-order chi connectivity index (χ1) is 12.2. The van der Waals surface area contributed by atoms with E-state index in [1.165, 1.54) is 16.7 Å². The summed E-state index contributed by atoms with van der Waals surface area (Å²) in [4.78, 5) is 0. The van der Waals surface area contributed by atoms with Crippen LogP contribution in [-0.2, 0) is 6.42 Å². The lowest BCUT2D eigenvalue weighted by Crippen LogP contribution is -1.98. The molecule has 3 aromatic carbocycles. The molecule has 25 heavy (non-hydrogen) atoms. The molecule has 0 amide bonds. The molecular weight excluding hydrogens is 302 g/mol. The molecule has 0 aliphatic heterocycles. The van der Waals surface area contributed by atoms with Gasteiger partial charge in [0.1, 0.15) is 0 Å². The topological polar surface area (TPSA) is 23.8 Å². The maximum Gasteiger partial charge on any atom is 0.0991 e. The van der Waals surface area contributed by atoms with E-state index in [-0.39, 0.29) is 0 Å². The molecule has 0 fully saturated rings. The molecule has 0 aliphatic carbocycles. The molecule has 0 unspecified atom stereocenters. The maximum absolute atomic E-state index is 8.83. The number of hydrogen-bond donors (Lipinski definition) is 0. The second-order valence-electron chi connectivity index (χ2n) is 6.32. The summed E-state index contributed by atoms with van der Waals surface area (Å²) in [6.07, 6.45) is 5.22. The van der Waals surface area contributed by atoms with Crippen LogP contribution < -0.4 is 0 Å². The second kappa shape index (κ2) is 8.13.